The molecule has 3 heterocycles. The molecule has 0 radical (unpaired) electrons. The van der Waals surface area contributed by atoms with Gasteiger partial charge in [-0.2, -0.15) is 0 Å². The van der Waals surface area contributed by atoms with Gasteiger partial charge in [0.2, 0.25) is 0 Å². The number of unbranched alkanes of at least 4 members (excludes halogenated alkanes) is 1. The number of carbonyl (C=O) groups is 2. The third-order valence-corrected chi connectivity index (χ3v) is 5.96. The highest BCUT2D eigenvalue weighted by Gasteiger charge is 2.41. The van der Waals surface area contributed by atoms with Crippen LogP contribution in [0.25, 0.3) is 5.57 Å². The van der Waals surface area contributed by atoms with Gasteiger partial charge in [-0.25, -0.2) is 4.98 Å². The van der Waals surface area contributed by atoms with Crippen LogP contribution < -0.4 is 9.64 Å². The van der Waals surface area contributed by atoms with Crippen LogP contribution in [0.5, 0.6) is 5.75 Å². The van der Waals surface area contributed by atoms with Crippen molar-refractivity contribution in [2.75, 3.05) is 37.6 Å². The van der Waals surface area contributed by atoms with Crippen LogP contribution >= 0.6 is 0 Å². The van der Waals surface area contributed by atoms with Gasteiger partial charge in [-0.15, -0.1) is 0 Å². The van der Waals surface area contributed by atoms with E-state index in [1.165, 1.54) is 4.90 Å². The van der Waals surface area contributed by atoms with Gasteiger partial charge in [0.25, 0.3) is 11.8 Å². The van der Waals surface area contributed by atoms with E-state index in [9.17, 15) is 9.59 Å². The number of anilines is 1. The molecule has 0 spiro atoms. The Labute approximate surface area is 195 Å². The van der Waals surface area contributed by atoms with Crippen LogP contribution in [0.1, 0.15) is 39.2 Å². The lowest BCUT2D eigenvalue weighted by atomic mass is 10.0. The Balaban J connectivity index is 1.61. The smallest absolute Gasteiger partial charge is 0.277 e. The van der Waals surface area contributed by atoms with Crippen LogP contribution in [0.15, 0.2) is 54.4 Å². The monoisotopic (exact) mass is 448 g/mol. The zero-order valence-corrected chi connectivity index (χ0v) is 19.7. The SMILES string of the molecule is CCCCN1C(=O)C(c2ccc(OC(C)C)cc2)=C(N2CCN(c3ccccn3)CC2)C1=O. The lowest BCUT2D eigenvalue weighted by Gasteiger charge is -2.37. The minimum absolute atomic E-state index is 0.0697. The Morgan fingerprint density at radius 1 is 0.939 bits per heavy atom. The van der Waals surface area contributed by atoms with Crippen LogP contribution in [0, 0.1) is 0 Å². The maximum Gasteiger partial charge on any atom is 0.277 e. The van der Waals surface area contributed by atoms with Crippen LogP contribution in [-0.4, -0.2) is 65.4 Å². The Bertz CT molecular complexity index is 1010. The van der Waals surface area contributed by atoms with Crippen molar-refractivity contribution in [3.8, 4) is 5.75 Å². The minimum Gasteiger partial charge on any atom is -0.491 e. The number of pyridine rings is 1. The third kappa shape index (κ3) is 4.87. The van der Waals surface area contributed by atoms with E-state index >= 15 is 0 Å². The largest absolute Gasteiger partial charge is 0.491 e. The van der Waals surface area contributed by atoms with Gasteiger partial charge in [0.1, 0.15) is 17.3 Å². The highest BCUT2D eigenvalue weighted by Crippen LogP contribution is 2.33. The van der Waals surface area contributed by atoms with Crippen LogP contribution in [0.3, 0.4) is 0 Å². The zero-order valence-electron chi connectivity index (χ0n) is 19.7. The first-order chi connectivity index (χ1) is 16.0. The molecular formula is C26H32N4O3. The fourth-order valence-electron chi connectivity index (χ4n) is 4.31. The van der Waals surface area contributed by atoms with E-state index in [-0.39, 0.29) is 17.9 Å². The quantitative estimate of drug-likeness (QED) is 0.575. The van der Waals surface area contributed by atoms with Crippen molar-refractivity contribution < 1.29 is 14.3 Å². The fourth-order valence-corrected chi connectivity index (χ4v) is 4.31. The molecule has 4 rings (SSSR count). The molecule has 0 N–H and O–H groups in total. The second-order valence-electron chi connectivity index (χ2n) is 8.69. The molecule has 1 saturated heterocycles. The van der Waals surface area contributed by atoms with Crippen molar-refractivity contribution in [2.24, 2.45) is 0 Å². The molecule has 0 bridgehead atoms. The zero-order chi connectivity index (χ0) is 23.4. The van der Waals surface area contributed by atoms with Gasteiger partial charge in [-0.05, 0) is 50.1 Å². The maximum absolute atomic E-state index is 13.4. The second kappa shape index (κ2) is 10.1. The summed E-state index contributed by atoms with van der Waals surface area (Å²) in [7, 11) is 0. The summed E-state index contributed by atoms with van der Waals surface area (Å²) in [6.07, 6.45) is 3.58. The molecule has 7 nitrogen and oxygen atoms in total. The standard InChI is InChI=1S/C26H32N4O3/c1-4-5-14-30-25(31)23(20-9-11-21(12-10-20)33-19(2)3)24(26(30)32)29-17-15-28(16-18-29)22-8-6-7-13-27-22/h6-13,19H,4-5,14-18H2,1-3H3. The highest BCUT2D eigenvalue weighted by molar-refractivity contribution is 6.35. The molecule has 2 aliphatic heterocycles. The number of rotatable bonds is 8. The summed E-state index contributed by atoms with van der Waals surface area (Å²) in [5.41, 5.74) is 1.78. The number of aromatic nitrogens is 1. The van der Waals surface area contributed by atoms with E-state index < -0.39 is 0 Å². The second-order valence-corrected chi connectivity index (χ2v) is 8.69. The third-order valence-electron chi connectivity index (χ3n) is 5.96. The molecule has 1 fully saturated rings. The lowest BCUT2D eigenvalue weighted by Crippen LogP contribution is -2.48. The van der Waals surface area contributed by atoms with Crippen molar-refractivity contribution in [2.45, 2.75) is 39.7 Å². The Hall–Kier alpha value is -3.35. The summed E-state index contributed by atoms with van der Waals surface area (Å²) in [6, 6.07) is 13.4. The number of benzene rings is 1. The predicted molar refractivity (Wildman–Crippen MR) is 129 cm³/mol. The molecule has 0 aliphatic carbocycles. The van der Waals surface area contributed by atoms with Crippen LogP contribution in [0.4, 0.5) is 5.82 Å². The van der Waals surface area contributed by atoms with Gasteiger partial charge in [0, 0.05) is 38.9 Å². The summed E-state index contributed by atoms with van der Waals surface area (Å²) in [6.45, 7) is 9.26. The number of piperazine rings is 1. The van der Waals surface area contributed by atoms with Crippen LogP contribution in [-0.2, 0) is 9.59 Å². The highest BCUT2D eigenvalue weighted by atomic mass is 16.5. The average Bonchev–Trinajstić information content (AvgIpc) is 3.08. The summed E-state index contributed by atoms with van der Waals surface area (Å²) >= 11 is 0. The fraction of sp³-hybridized carbons (Fsp3) is 0.423. The number of carbonyl (C=O) groups excluding carboxylic acids is 2. The molecule has 0 unspecified atom stereocenters. The summed E-state index contributed by atoms with van der Waals surface area (Å²) in [4.78, 5) is 37.0. The number of ether oxygens (including phenoxy) is 1. The molecular weight excluding hydrogens is 416 g/mol. The number of amides is 2. The Morgan fingerprint density at radius 3 is 2.24 bits per heavy atom. The topological polar surface area (TPSA) is 66.0 Å². The molecule has 2 aliphatic rings. The van der Waals surface area contributed by atoms with Crippen molar-refractivity contribution in [3.63, 3.8) is 0 Å². The van der Waals surface area contributed by atoms with E-state index in [0.29, 0.717) is 30.9 Å². The lowest BCUT2D eigenvalue weighted by molar-refractivity contribution is -0.137. The Kier molecular flexibility index (Phi) is 6.96. The number of hydrogen-bond donors (Lipinski definition) is 0. The molecule has 0 atom stereocenters. The van der Waals surface area contributed by atoms with E-state index in [1.54, 1.807) is 6.20 Å². The first-order valence-corrected chi connectivity index (χ1v) is 11.8. The van der Waals surface area contributed by atoms with E-state index in [2.05, 4.69) is 21.7 Å². The predicted octanol–water partition coefficient (Wildman–Crippen LogP) is 3.57. The summed E-state index contributed by atoms with van der Waals surface area (Å²) in [5.74, 6) is 1.30. The van der Waals surface area contributed by atoms with Gasteiger partial charge < -0.3 is 14.5 Å². The van der Waals surface area contributed by atoms with Crippen molar-refractivity contribution in [3.05, 3.63) is 59.9 Å². The normalized spacial score (nSPS) is 16.9. The van der Waals surface area contributed by atoms with E-state index in [4.69, 9.17) is 4.74 Å². The molecule has 174 valence electrons. The van der Waals surface area contributed by atoms with Gasteiger partial charge in [-0.1, -0.05) is 31.5 Å². The molecule has 1 aromatic heterocycles. The van der Waals surface area contributed by atoms with Crippen molar-refractivity contribution >= 4 is 23.2 Å². The minimum atomic E-state index is -0.201. The van der Waals surface area contributed by atoms with Gasteiger partial charge in [0.15, 0.2) is 0 Å². The average molecular weight is 449 g/mol. The Morgan fingerprint density at radius 2 is 1.64 bits per heavy atom. The van der Waals surface area contributed by atoms with Crippen molar-refractivity contribution in [1.82, 2.24) is 14.8 Å². The maximum atomic E-state index is 13.4. The number of nitrogens with zero attached hydrogens (tertiary/aromatic N) is 4. The number of hydrogen-bond acceptors (Lipinski definition) is 6. The molecule has 1 aromatic carbocycles. The molecule has 0 saturated carbocycles. The molecule has 2 aromatic rings. The molecule has 7 heteroatoms. The van der Waals surface area contributed by atoms with Gasteiger partial charge >= 0.3 is 0 Å². The van der Waals surface area contributed by atoms with E-state index in [0.717, 1.165) is 43.1 Å². The molecule has 33 heavy (non-hydrogen) atoms. The number of imide groups is 1. The summed E-state index contributed by atoms with van der Waals surface area (Å²) in [5, 5.41) is 0. The first-order valence-electron chi connectivity index (χ1n) is 11.8. The van der Waals surface area contributed by atoms with Gasteiger partial charge in [-0.3, -0.25) is 14.5 Å². The van der Waals surface area contributed by atoms with Crippen molar-refractivity contribution in [1.29, 1.82) is 0 Å². The van der Waals surface area contributed by atoms with Crippen LogP contribution in [0.2, 0.25) is 0 Å². The molecule has 2 amide bonds. The summed E-state index contributed by atoms with van der Waals surface area (Å²) < 4.78 is 5.75. The van der Waals surface area contributed by atoms with E-state index in [1.807, 2.05) is 56.3 Å². The first kappa shape index (κ1) is 22.8. The van der Waals surface area contributed by atoms with Gasteiger partial charge in [0.05, 0.1) is 11.7 Å².